The van der Waals surface area contributed by atoms with Crippen molar-refractivity contribution in [2.45, 2.75) is 57.2 Å². The maximum atomic E-state index is 13.8. The molecule has 1 aliphatic rings. The first-order chi connectivity index (χ1) is 18.5. The van der Waals surface area contributed by atoms with Crippen LogP contribution in [-0.4, -0.2) is 55.1 Å². The zero-order chi connectivity index (χ0) is 30.0. The molecule has 0 saturated carbocycles. The molecule has 1 aliphatic heterocycles. The highest BCUT2D eigenvalue weighted by atomic mass is 19.4. The summed E-state index contributed by atoms with van der Waals surface area (Å²) in [5.74, 6) is -0.853. The molecule has 3 amide bonds. The van der Waals surface area contributed by atoms with Gasteiger partial charge in [-0.3, -0.25) is 4.79 Å². The van der Waals surface area contributed by atoms with Gasteiger partial charge in [0, 0.05) is 26.7 Å². The van der Waals surface area contributed by atoms with Crippen molar-refractivity contribution in [2.24, 2.45) is 0 Å². The number of nitrogens with zero attached hydrogens (tertiary/aromatic N) is 2. The third kappa shape index (κ3) is 7.23. The summed E-state index contributed by atoms with van der Waals surface area (Å²) in [6.07, 6.45) is -9.48. The minimum absolute atomic E-state index is 0.0357. The highest BCUT2D eigenvalue weighted by Gasteiger charge is 2.39. The molecule has 3 rings (SSSR count). The number of carbonyl (C=O) groups is 2. The van der Waals surface area contributed by atoms with Crippen LogP contribution in [0.1, 0.15) is 59.7 Å². The Hall–Kier alpha value is -3.35. The molecule has 6 nitrogen and oxygen atoms in total. The number of rotatable bonds is 6. The van der Waals surface area contributed by atoms with E-state index in [4.69, 9.17) is 4.74 Å². The number of piperidine rings is 1. The number of hydrogen-bond acceptors (Lipinski definition) is 3. The molecule has 3 atom stereocenters. The summed E-state index contributed by atoms with van der Waals surface area (Å²) < 4.78 is 99.1. The van der Waals surface area contributed by atoms with Crippen LogP contribution in [0.4, 0.5) is 35.5 Å². The highest BCUT2D eigenvalue weighted by molar-refractivity contribution is 5.78. The van der Waals surface area contributed by atoms with Crippen LogP contribution in [0, 0.1) is 12.7 Å². The van der Waals surface area contributed by atoms with Crippen molar-refractivity contribution in [3.63, 3.8) is 0 Å². The molecule has 0 unspecified atom stereocenters. The quantitative estimate of drug-likeness (QED) is 0.413. The smallest absolute Gasteiger partial charge is 0.375 e. The fourth-order valence-corrected chi connectivity index (χ4v) is 4.85. The van der Waals surface area contributed by atoms with Crippen molar-refractivity contribution in [1.29, 1.82) is 0 Å². The summed E-state index contributed by atoms with van der Waals surface area (Å²) in [6.45, 7) is 2.94. The Morgan fingerprint density at radius 2 is 1.68 bits per heavy atom. The largest absolute Gasteiger partial charge is 0.416 e. The molecule has 1 heterocycles. The Kier molecular flexibility index (Phi) is 9.38. The van der Waals surface area contributed by atoms with Crippen LogP contribution < -0.4 is 5.32 Å². The number of amides is 3. The van der Waals surface area contributed by atoms with Gasteiger partial charge in [0.05, 0.1) is 23.2 Å². The molecule has 0 spiro atoms. The summed E-state index contributed by atoms with van der Waals surface area (Å²) in [5, 5.41) is 2.83. The van der Waals surface area contributed by atoms with Gasteiger partial charge < -0.3 is 19.9 Å². The molecular weight excluding hydrogens is 547 g/mol. The monoisotopic (exact) mass is 577 g/mol. The number of alkyl halides is 6. The van der Waals surface area contributed by atoms with E-state index in [1.165, 1.54) is 44.2 Å². The first-order valence-electron chi connectivity index (χ1n) is 12.4. The van der Waals surface area contributed by atoms with Crippen LogP contribution in [0.15, 0.2) is 36.4 Å². The van der Waals surface area contributed by atoms with Crippen LogP contribution in [0.3, 0.4) is 0 Å². The van der Waals surface area contributed by atoms with Crippen molar-refractivity contribution in [2.75, 3.05) is 27.3 Å². The molecule has 220 valence electrons. The fraction of sp³-hybridized carbons (Fsp3) is 0.481. The Morgan fingerprint density at radius 1 is 1.07 bits per heavy atom. The average Bonchev–Trinajstić information content (AvgIpc) is 2.86. The highest BCUT2D eigenvalue weighted by Crippen LogP contribution is 2.39. The third-order valence-corrected chi connectivity index (χ3v) is 7.05. The van der Waals surface area contributed by atoms with Gasteiger partial charge in [0.1, 0.15) is 12.4 Å². The van der Waals surface area contributed by atoms with Gasteiger partial charge >= 0.3 is 18.4 Å². The second-order valence-corrected chi connectivity index (χ2v) is 9.84. The second-order valence-electron chi connectivity index (χ2n) is 9.84. The van der Waals surface area contributed by atoms with Crippen LogP contribution in [0.25, 0.3) is 0 Å². The third-order valence-electron chi connectivity index (χ3n) is 7.05. The van der Waals surface area contributed by atoms with Gasteiger partial charge in [-0.25, -0.2) is 9.18 Å². The summed E-state index contributed by atoms with van der Waals surface area (Å²) in [6, 6.07) is 2.45. The number of aryl methyl sites for hydroxylation is 1. The van der Waals surface area contributed by atoms with E-state index in [0.717, 1.165) is 4.90 Å². The molecule has 40 heavy (non-hydrogen) atoms. The van der Waals surface area contributed by atoms with Crippen LogP contribution >= 0.6 is 0 Å². The lowest BCUT2D eigenvalue weighted by Gasteiger charge is -2.43. The van der Waals surface area contributed by atoms with E-state index in [0.29, 0.717) is 29.7 Å². The van der Waals surface area contributed by atoms with Crippen molar-refractivity contribution in [3.8, 4) is 0 Å². The Balaban J connectivity index is 1.95. The van der Waals surface area contributed by atoms with Gasteiger partial charge in [-0.05, 0) is 73.7 Å². The fourth-order valence-electron chi connectivity index (χ4n) is 4.85. The zero-order valence-corrected chi connectivity index (χ0v) is 22.3. The average molecular weight is 578 g/mol. The summed E-state index contributed by atoms with van der Waals surface area (Å²) in [7, 11) is 2.66. The van der Waals surface area contributed by atoms with Gasteiger partial charge in [0.25, 0.3) is 0 Å². The van der Waals surface area contributed by atoms with E-state index >= 15 is 0 Å². The molecule has 0 radical (unpaired) electrons. The lowest BCUT2D eigenvalue weighted by Crippen LogP contribution is -2.52. The normalized spacial score (nSPS) is 18.8. The summed E-state index contributed by atoms with van der Waals surface area (Å²) in [4.78, 5) is 28.3. The zero-order valence-electron chi connectivity index (χ0n) is 22.3. The lowest BCUT2D eigenvalue weighted by molar-refractivity contribution is -0.143. The molecule has 2 aromatic rings. The summed E-state index contributed by atoms with van der Waals surface area (Å²) >= 11 is 0. The van der Waals surface area contributed by atoms with Crippen molar-refractivity contribution < 1.29 is 45.1 Å². The Bertz CT molecular complexity index is 1200. The summed E-state index contributed by atoms with van der Waals surface area (Å²) in [5.41, 5.74) is -2.15. The number of nitrogens with one attached hydrogen (secondary N) is 1. The lowest BCUT2D eigenvalue weighted by atomic mass is 9.89. The van der Waals surface area contributed by atoms with E-state index < -0.39 is 47.4 Å². The van der Waals surface area contributed by atoms with Crippen LogP contribution in [0.2, 0.25) is 0 Å². The van der Waals surface area contributed by atoms with Crippen molar-refractivity contribution in [1.82, 2.24) is 15.1 Å². The molecule has 13 heteroatoms. The SMILES string of the molecule is COCC(=O)N[C@H]1CCN(C(=O)N(C)[C@@H](C)c2cc(C(F)(F)F)cc(C(F)(F)F)c2)[C@@H](c2ccc(F)cc2C)C1. The number of benzene rings is 2. The van der Waals surface area contributed by atoms with Crippen LogP contribution in [0.5, 0.6) is 0 Å². The molecule has 1 fully saturated rings. The van der Waals surface area contributed by atoms with E-state index in [9.17, 15) is 40.3 Å². The number of carbonyl (C=O) groups excluding carboxylic acids is 2. The number of ether oxygens (including phenoxy) is 1. The van der Waals surface area contributed by atoms with Crippen molar-refractivity contribution in [3.05, 3.63) is 70.0 Å². The molecule has 0 aromatic heterocycles. The minimum atomic E-state index is -5.03. The minimum Gasteiger partial charge on any atom is -0.375 e. The Labute approximate surface area is 227 Å². The van der Waals surface area contributed by atoms with Gasteiger partial charge in [-0.2, -0.15) is 26.3 Å². The number of hydrogen-bond donors (Lipinski definition) is 1. The number of urea groups is 1. The van der Waals surface area contributed by atoms with Gasteiger partial charge in [0.15, 0.2) is 0 Å². The molecule has 0 bridgehead atoms. The van der Waals surface area contributed by atoms with Crippen molar-refractivity contribution >= 4 is 11.9 Å². The first kappa shape index (κ1) is 31.2. The van der Waals surface area contributed by atoms with E-state index in [2.05, 4.69) is 5.32 Å². The van der Waals surface area contributed by atoms with E-state index in [-0.39, 0.29) is 43.2 Å². The molecule has 2 aromatic carbocycles. The molecule has 0 aliphatic carbocycles. The van der Waals surface area contributed by atoms with E-state index in [1.54, 1.807) is 6.92 Å². The number of halogens is 7. The Morgan fingerprint density at radius 3 is 2.20 bits per heavy atom. The number of likely N-dealkylation sites (tertiary alicyclic amines) is 1. The maximum absolute atomic E-state index is 13.8. The second kappa shape index (κ2) is 12.0. The first-order valence-corrected chi connectivity index (χ1v) is 12.4. The number of methoxy groups -OCH3 is 1. The van der Waals surface area contributed by atoms with Gasteiger partial charge in [0.2, 0.25) is 5.91 Å². The molecule has 1 saturated heterocycles. The predicted molar refractivity (Wildman–Crippen MR) is 132 cm³/mol. The maximum Gasteiger partial charge on any atom is 0.416 e. The molecular formula is C27H30F7N3O3. The topological polar surface area (TPSA) is 61.9 Å². The standard InChI is InChI=1S/C27H30F7N3O3/c1-15-9-20(28)5-6-22(15)23-13-21(35-24(38)14-40-4)7-8-37(23)25(39)36(3)16(2)17-10-18(26(29,30)31)12-19(11-17)27(32,33)34/h5-6,9-12,16,21,23H,7-8,13-14H2,1-4H3,(H,35,38)/t16-,21-,23+/m0/s1. The van der Waals surface area contributed by atoms with Gasteiger partial charge in [-0.15, -0.1) is 0 Å². The predicted octanol–water partition coefficient (Wildman–Crippen LogP) is 6.25. The van der Waals surface area contributed by atoms with Gasteiger partial charge in [-0.1, -0.05) is 6.07 Å². The molecule has 1 N–H and O–H groups in total. The van der Waals surface area contributed by atoms with Crippen LogP contribution in [-0.2, 0) is 21.9 Å². The van der Waals surface area contributed by atoms with E-state index in [1.807, 2.05) is 0 Å².